The number of hydrogen-bond acceptors (Lipinski definition) is 8. The first kappa shape index (κ1) is 30.0. The number of ether oxygens (including phenoxy) is 1. The molecule has 9 nitrogen and oxygen atoms in total. The first-order chi connectivity index (χ1) is 20.0. The Balaban J connectivity index is 1.40. The van der Waals surface area contributed by atoms with Gasteiger partial charge in [0.25, 0.3) is 10.0 Å². The predicted octanol–water partition coefficient (Wildman–Crippen LogP) is 6.39. The Kier molecular flexibility index (Phi) is 8.59. The topological polar surface area (TPSA) is 109 Å². The zero-order chi connectivity index (χ0) is 30.1. The van der Waals surface area contributed by atoms with Gasteiger partial charge in [-0.25, -0.2) is 18.4 Å². The van der Waals surface area contributed by atoms with Crippen molar-refractivity contribution in [1.82, 2.24) is 19.9 Å². The lowest BCUT2D eigenvalue weighted by atomic mass is 9.80. The van der Waals surface area contributed by atoms with Gasteiger partial charge in [0.1, 0.15) is 10.7 Å². The Morgan fingerprint density at radius 1 is 1.10 bits per heavy atom. The Labute approximate surface area is 252 Å². The number of hydrogen-bond donors (Lipinski definition) is 2. The number of aromatic nitrogens is 3. The number of methoxy groups -OCH3 is 1. The fourth-order valence-electron chi connectivity index (χ4n) is 5.46. The number of benzene rings is 2. The van der Waals surface area contributed by atoms with E-state index in [4.69, 9.17) is 21.3 Å². The van der Waals surface area contributed by atoms with E-state index in [1.807, 2.05) is 12.3 Å². The third kappa shape index (κ3) is 6.16. The molecule has 1 saturated carbocycles. The van der Waals surface area contributed by atoms with Gasteiger partial charge in [-0.15, -0.1) is 0 Å². The second kappa shape index (κ2) is 12.0. The molecule has 42 heavy (non-hydrogen) atoms. The van der Waals surface area contributed by atoms with Crippen molar-refractivity contribution in [2.75, 3.05) is 31.2 Å². The summed E-state index contributed by atoms with van der Waals surface area (Å²) in [6.45, 7) is 4.43. The Bertz CT molecular complexity index is 1700. The van der Waals surface area contributed by atoms with Gasteiger partial charge in [-0.3, -0.25) is 4.72 Å². The number of fused-ring (bicyclic) bond motifs is 1. The van der Waals surface area contributed by atoms with Gasteiger partial charge in [0.2, 0.25) is 11.8 Å². The zero-order valence-electron chi connectivity index (χ0n) is 24.6. The van der Waals surface area contributed by atoms with Crippen molar-refractivity contribution in [2.24, 2.45) is 0 Å². The molecule has 0 bridgehead atoms. The molecule has 0 amide bonds. The lowest BCUT2D eigenvalue weighted by Crippen LogP contribution is -2.46. The molecule has 2 N–H and O–H groups in total. The van der Waals surface area contributed by atoms with Crippen molar-refractivity contribution >= 4 is 44.3 Å². The molecule has 1 aliphatic carbocycles. The molecule has 0 radical (unpaired) electrons. The molecule has 1 fully saturated rings. The van der Waals surface area contributed by atoms with Crippen molar-refractivity contribution in [3.05, 3.63) is 65.3 Å². The third-order valence-corrected chi connectivity index (χ3v) is 10.2. The molecular weight excluding hydrogens is 572 g/mol. The van der Waals surface area contributed by atoms with Crippen LogP contribution in [0.4, 0.5) is 11.8 Å². The molecule has 0 atom stereocenters. The molecule has 1 aliphatic rings. The smallest absolute Gasteiger partial charge is 0.264 e. The molecule has 0 unspecified atom stereocenters. The summed E-state index contributed by atoms with van der Waals surface area (Å²) in [5.74, 6) is 1.06. The molecule has 0 spiro atoms. The van der Waals surface area contributed by atoms with E-state index in [1.165, 1.54) is 19.2 Å². The monoisotopic (exact) mass is 608 g/mol. The summed E-state index contributed by atoms with van der Waals surface area (Å²) >= 11 is 6.11. The van der Waals surface area contributed by atoms with Crippen LogP contribution in [0.15, 0.2) is 59.6 Å². The van der Waals surface area contributed by atoms with Crippen molar-refractivity contribution in [1.29, 1.82) is 0 Å². The average molecular weight is 609 g/mol. The highest BCUT2D eigenvalue weighted by Crippen LogP contribution is 2.35. The Morgan fingerprint density at radius 3 is 2.50 bits per heavy atom. The third-order valence-electron chi connectivity index (χ3n) is 8.35. The van der Waals surface area contributed by atoms with Crippen LogP contribution in [0, 0.1) is 0 Å². The molecule has 5 rings (SSSR count). The summed E-state index contributed by atoms with van der Waals surface area (Å²) in [6.07, 6.45) is 7.04. The highest BCUT2D eigenvalue weighted by Gasteiger charge is 2.33. The normalized spacial score (nSPS) is 19.2. The highest BCUT2D eigenvalue weighted by molar-refractivity contribution is 7.92. The van der Waals surface area contributed by atoms with Crippen LogP contribution in [0.1, 0.15) is 45.1 Å². The Hall–Kier alpha value is -3.47. The van der Waals surface area contributed by atoms with Crippen molar-refractivity contribution in [3.8, 4) is 17.0 Å². The first-order valence-corrected chi connectivity index (χ1v) is 16.0. The van der Waals surface area contributed by atoms with E-state index >= 15 is 0 Å². The zero-order valence-corrected chi connectivity index (χ0v) is 26.2. The molecule has 0 aliphatic heterocycles. The summed E-state index contributed by atoms with van der Waals surface area (Å²) in [5.41, 5.74) is 3.82. The number of rotatable bonds is 9. The number of halogens is 1. The number of anilines is 2. The molecule has 2 heterocycles. The SMILES string of the molecule is CCc1cc(-c2ccc(NS(=O)(=O)c3ccccc3Cl)nc2OC)cc2cnc(NC3CCC(C)(N(C)C)CC3)nc12. The highest BCUT2D eigenvalue weighted by atomic mass is 35.5. The van der Waals surface area contributed by atoms with E-state index in [-0.39, 0.29) is 27.2 Å². The fraction of sp³-hybridized carbons (Fsp3) is 0.387. The minimum Gasteiger partial charge on any atom is -0.480 e. The van der Waals surface area contributed by atoms with Crippen molar-refractivity contribution in [2.45, 2.75) is 62.4 Å². The van der Waals surface area contributed by atoms with Crippen LogP contribution in [0.3, 0.4) is 0 Å². The summed E-state index contributed by atoms with van der Waals surface area (Å²) in [5, 5.41) is 4.61. The molecular formula is C31H37ClN6O3S. The predicted molar refractivity (Wildman–Crippen MR) is 169 cm³/mol. The second-order valence-corrected chi connectivity index (χ2v) is 13.3. The number of nitrogens with one attached hydrogen (secondary N) is 2. The molecule has 222 valence electrons. The van der Waals surface area contributed by atoms with E-state index in [1.54, 1.807) is 24.3 Å². The molecule has 4 aromatic rings. The van der Waals surface area contributed by atoms with Gasteiger partial charge in [-0.1, -0.05) is 30.7 Å². The summed E-state index contributed by atoms with van der Waals surface area (Å²) in [6, 6.07) is 14.1. The van der Waals surface area contributed by atoms with Gasteiger partial charge >= 0.3 is 0 Å². The van der Waals surface area contributed by atoms with E-state index in [0.29, 0.717) is 12.0 Å². The molecule has 11 heteroatoms. The minimum absolute atomic E-state index is 0.0250. The second-order valence-electron chi connectivity index (χ2n) is 11.2. The van der Waals surface area contributed by atoms with Gasteiger partial charge in [0.15, 0.2) is 0 Å². The quantitative estimate of drug-likeness (QED) is 0.225. The minimum atomic E-state index is -3.94. The van der Waals surface area contributed by atoms with E-state index in [2.05, 4.69) is 58.9 Å². The standard InChI is InChI=1S/C31H37ClN6O3S/c1-6-20-17-21(18-22-19-33-30(36-28(20)22)34-23-13-15-31(2,16-14-23)38(3)4)24-11-12-27(35-29(24)41-5)37-42(39,40)26-10-8-7-9-25(26)32/h7-12,17-19,23H,6,13-16H2,1-5H3,(H,35,37)(H,33,34,36). The van der Waals surface area contributed by atoms with Gasteiger partial charge in [-0.2, -0.15) is 4.98 Å². The van der Waals surface area contributed by atoms with Crippen LogP contribution >= 0.6 is 11.6 Å². The summed E-state index contributed by atoms with van der Waals surface area (Å²) in [7, 11) is 1.89. The maximum Gasteiger partial charge on any atom is 0.264 e. The van der Waals surface area contributed by atoms with Gasteiger partial charge in [0, 0.05) is 28.7 Å². The number of aryl methyl sites for hydroxylation is 1. The van der Waals surface area contributed by atoms with Crippen molar-refractivity contribution < 1.29 is 13.2 Å². The largest absolute Gasteiger partial charge is 0.480 e. The number of nitrogens with zero attached hydrogens (tertiary/aromatic N) is 4. The van der Waals surface area contributed by atoms with Crippen LogP contribution in [0.25, 0.3) is 22.0 Å². The van der Waals surface area contributed by atoms with E-state index < -0.39 is 10.0 Å². The number of pyridine rings is 1. The lowest BCUT2D eigenvalue weighted by Gasteiger charge is -2.42. The lowest BCUT2D eigenvalue weighted by molar-refractivity contribution is 0.116. The maximum absolute atomic E-state index is 12.9. The van der Waals surface area contributed by atoms with Gasteiger partial charge in [-0.05, 0) is 101 Å². The van der Waals surface area contributed by atoms with Gasteiger partial charge in [0.05, 0.1) is 17.6 Å². The first-order valence-electron chi connectivity index (χ1n) is 14.1. The van der Waals surface area contributed by atoms with Crippen LogP contribution in [-0.4, -0.2) is 61.1 Å². The van der Waals surface area contributed by atoms with Gasteiger partial charge < -0.3 is 15.0 Å². The summed E-state index contributed by atoms with van der Waals surface area (Å²) < 4.78 is 33.9. The Morgan fingerprint density at radius 2 is 1.83 bits per heavy atom. The number of sulfonamides is 1. The summed E-state index contributed by atoms with van der Waals surface area (Å²) in [4.78, 5) is 16.3. The maximum atomic E-state index is 12.9. The van der Waals surface area contributed by atoms with Crippen LogP contribution < -0.4 is 14.8 Å². The van der Waals surface area contributed by atoms with Crippen LogP contribution in [-0.2, 0) is 16.4 Å². The van der Waals surface area contributed by atoms with E-state index in [9.17, 15) is 8.42 Å². The molecule has 2 aromatic carbocycles. The molecule has 0 saturated heterocycles. The van der Waals surface area contributed by atoms with E-state index in [0.717, 1.165) is 59.7 Å². The van der Waals surface area contributed by atoms with Crippen LogP contribution in [0.2, 0.25) is 5.02 Å². The van der Waals surface area contributed by atoms with Crippen LogP contribution in [0.5, 0.6) is 5.88 Å². The average Bonchev–Trinajstić information content (AvgIpc) is 2.97. The molecule has 2 aromatic heterocycles. The van der Waals surface area contributed by atoms with Crippen molar-refractivity contribution in [3.63, 3.8) is 0 Å². The fourth-order valence-corrected chi connectivity index (χ4v) is 6.98.